The molecule has 0 bridgehead atoms. The predicted molar refractivity (Wildman–Crippen MR) is 81.3 cm³/mol. The van der Waals surface area contributed by atoms with Crippen molar-refractivity contribution < 1.29 is 4.79 Å². The van der Waals surface area contributed by atoms with Gasteiger partial charge >= 0.3 is 6.03 Å². The van der Waals surface area contributed by atoms with Crippen LogP contribution in [0.1, 0.15) is 19.3 Å². The van der Waals surface area contributed by atoms with Gasteiger partial charge in [0.05, 0.1) is 0 Å². The number of hydrogen-bond acceptors (Lipinski definition) is 3. The fourth-order valence-corrected chi connectivity index (χ4v) is 2.84. The Balaban J connectivity index is 1.60. The lowest BCUT2D eigenvalue weighted by atomic mass is 10.1. The van der Waals surface area contributed by atoms with Crippen LogP contribution in [0.3, 0.4) is 0 Å². The number of rotatable bonds is 4. The molecular formula is C15H22N4O. The van der Waals surface area contributed by atoms with Crippen molar-refractivity contribution in [2.24, 2.45) is 0 Å². The standard InChI is InChI=1S/C15H22N4O/c20-15-17-8-9-19(15)14-6-3-5-12(10-14)18-11-13-4-1-2-7-16-13/h3,5-6,10,13,16,18H,1-2,4,7-9,11H2,(H,17,20). The molecule has 2 aliphatic heterocycles. The van der Waals surface area contributed by atoms with E-state index < -0.39 is 0 Å². The van der Waals surface area contributed by atoms with E-state index in [1.54, 1.807) is 4.90 Å². The molecule has 20 heavy (non-hydrogen) atoms. The normalized spacial score (nSPS) is 22.7. The summed E-state index contributed by atoms with van der Waals surface area (Å²) >= 11 is 0. The highest BCUT2D eigenvalue weighted by atomic mass is 16.2. The second-order valence-corrected chi connectivity index (χ2v) is 5.46. The molecule has 2 amide bonds. The minimum absolute atomic E-state index is 0.00361. The smallest absolute Gasteiger partial charge is 0.321 e. The maximum atomic E-state index is 11.7. The summed E-state index contributed by atoms with van der Waals surface area (Å²) in [6.45, 7) is 3.53. The Hall–Kier alpha value is -1.75. The van der Waals surface area contributed by atoms with E-state index in [1.165, 1.54) is 19.3 Å². The number of carbonyl (C=O) groups is 1. The molecule has 1 aromatic rings. The highest BCUT2D eigenvalue weighted by Gasteiger charge is 2.21. The molecule has 1 aromatic carbocycles. The lowest BCUT2D eigenvalue weighted by Crippen LogP contribution is -2.39. The molecule has 2 heterocycles. The van der Waals surface area contributed by atoms with E-state index in [1.807, 2.05) is 18.2 Å². The van der Waals surface area contributed by atoms with Crippen molar-refractivity contribution in [2.75, 3.05) is 36.4 Å². The summed E-state index contributed by atoms with van der Waals surface area (Å²) < 4.78 is 0. The topological polar surface area (TPSA) is 56.4 Å². The van der Waals surface area contributed by atoms with E-state index in [0.717, 1.165) is 37.6 Å². The van der Waals surface area contributed by atoms with Crippen LogP contribution in [0, 0.1) is 0 Å². The molecule has 0 radical (unpaired) electrons. The van der Waals surface area contributed by atoms with Crippen LogP contribution in [0.25, 0.3) is 0 Å². The molecule has 2 saturated heterocycles. The first-order valence-corrected chi connectivity index (χ1v) is 7.45. The Kier molecular flexibility index (Phi) is 4.06. The Bertz CT molecular complexity index is 471. The number of piperidine rings is 1. The lowest BCUT2D eigenvalue weighted by Gasteiger charge is -2.24. The number of anilines is 2. The van der Waals surface area contributed by atoms with Gasteiger partial charge in [-0.15, -0.1) is 0 Å². The molecule has 1 atom stereocenters. The first-order valence-electron chi connectivity index (χ1n) is 7.45. The average molecular weight is 274 g/mol. The lowest BCUT2D eigenvalue weighted by molar-refractivity contribution is 0.252. The van der Waals surface area contributed by atoms with Gasteiger partial charge in [0.15, 0.2) is 0 Å². The zero-order chi connectivity index (χ0) is 13.8. The van der Waals surface area contributed by atoms with Crippen molar-refractivity contribution in [1.82, 2.24) is 10.6 Å². The highest BCUT2D eigenvalue weighted by molar-refractivity contribution is 5.94. The van der Waals surface area contributed by atoms with E-state index in [-0.39, 0.29) is 6.03 Å². The van der Waals surface area contributed by atoms with Crippen LogP contribution < -0.4 is 20.9 Å². The summed E-state index contributed by atoms with van der Waals surface area (Å²) in [5.74, 6) is 0. The van der Waals surface area contributed by atoms with Gasteiger partial charge in [0.1, 0.15) is 0 Å². The zero-order valence-corrected chi connectivity index (χ0v) is 11.7. The number of benzene rings is 1. The van der Waals surface area contributed by atoms with Crippen LogP contribution in [-0.4, -0.2) is 38.3 Å². The van der Waals surface area contributed by atoms with Crippen LogP contribution in [0.15, 0.2) is 24.3 Å². The minimum Gasteiger partial charge on any atom is -0.383 e. The van der Waals surface area contributed by atoms with Crippen molar-refractivity contribution in [3.8, 4) is 0 Å². The van der Waals surface area contributed by atoms with Crippen molar-refractivity contribution in [3.05, 3.63) is 24.3 Å². The second-order valence-electron chi connectivity index (χ2n) is 5.46. The largest absolute Gasteiger partial charge is 0.383 e. The van der Waals surface area contributed by atoms with Gasteiger partial charge in [0.25, 0.3) is 0 Å². The monoisotopic (exact) mass is 274 g/mol. The van der Waals surface area contributed by atoms with E-state index in [4.69, 9.17) is 0 Å². The molecule has 0 aliphatic carbocycles. The molecule has 2 aliphatic rings. The van der Waals surface area contributed by atoms with Gasteiger partial charge in [-0.05, 0) is 37.6 Å². The summed E-state index contributed by atoms with van der Waals surface area (Å²) in [5.41, 5.74) is 2.04. The van der Waals surface area contributed by atoms with Gasteiger partial charge in [-0.2, -0.15) is 0 Å². The number of nitrogens with one attached hydrogen (secondary N) is 3. The van der Waals surface area contributed by atoms with Gasteiger partial charge in [-0.1, -0.05) is 12.5 Å². The number of urea groups is 1. The first kappa shape index (κ1) is 13.2. The number of carbonyl (C=O) groups excluding carboxylic acids is 1. The van der Waals surface area contributed by atoms with Crippen LogP contribution in [-0.2, 0) is 0 Å². The third kappa shape index (κ3) is 3.04. The van der Waals surface area contributed by atoms with Gasteiger partial charge < -0.3 is 16.0 Å². The third-order valence-corrected chi connectivity index (χ3v) is 3.98. The van der Waals surface area contributed by atoms with Crippen LogP contribution in [0.2, 0.25) is 0 Å². The highest BCUT2D eigenvalue weighted by Crippen LogP contribution is 2.21. The fraction of sp³-hybridized carbons (Fsp3) is 0.533. The molecule has 0 spiro atoms. The molecule has 0 aromatic heterocycles. The molecule has 108 valence electrons. The average Bonchev–Trinajstić information content (AvgIpc) is 2.93. The van der Waals surface area contributed by atoms with Crippen LogP contribution in [0.5, 0.6) is 0 Å². The quantitative estimate of drug-likeness (QED) is 0.784. The van der Waals surface area contributed by atoms with E-state index in [0.29, 0.717) is 6.04 Å². The first-order chi connectivity index (χ1) is 9.83. The molecule has 5 nitrogen and oxygen atoms in total. The van der Waals surface area contributed by atoms with E-state index in [9.17, 15) is 4.79 Å². The Morgan fingerprint density at radius 2 is 2.25 bits per heavy atom. The fourth-order valence-electron chi connectivity index (χ4n) is 2.84. The number of nitrogens with zero attached hydrogens (tertiary/aromatic N) is 1. The molecular weight excluding hydrogens is 252 g/mol. The molecule has 0 saturated carbocycles. The molecule has 1 unspecified atom stereocenters. The van der Waals surface area contributed by atoms with Crippen molar-refractivity contribution in [1.29, 1.82) is 0 Å². The third-order valence-electron chi connectivity index (χ3n) is 3.98. The van der Waals surface area contributed by atoms with Crippen molar-refractivity contribution >= 4 is 17.4 Å². The van der Waals surface area contributed by atoms with Gasteiger partial charge in [-0.3, -0.25) is 4.90 Å². The summed E-state index contributed by atoms with van der Waals surface area (Å²) in [4.78, 5) is 13.5. The number of amides is 2. The minimum atomic E-state index is -0.00361. The molecule has 3 N–H and O–H groups in total. The van der Waals surface area contributed by atoms with Crippen LogP contribution in [0.4, 0.5) is 16.2 Å². The van der Waals surface area contributed by atoms with E-state index >= 15 is 0 Å². The molecule has 3 rings (SSSR count). The maximum Gasteiger partial charge on any atom is 0.321 e. The van der Waals surface area contributed by atoms with Crippen molar-refractivity contribution in [2.45, 2.75) is 25.3 Å². The van der Waals surface area contributed by atoms with E-state index in [2.05, 4.69) is 22.0 Å². The van der Waals surface area contributed by atoms with Crippen LogP contribution >= 0.6 is 0 Å². The van der Waals surface area contributed by atoms with Crippen molar-refractivity contribution in [3.63, 3.8) is 0 Å². The second kappa shape index (κ2) is 6.13. The predicted octanol–water partition coefficient (Wildman–Crippen LogP) is 1.77. The molecule has 5 heteroatoms. The SMILES string of the molecule is O=C1NCCN1c1cccc(NCC2CCCCN2)c1. The maximum absolute atomic E-state index is 11.7. The summed E-state index contributed by atoms with van der Waals surface area (Å²) in [6, 6.07) is 8.64. The zero-order valence-electron chi connectivity index (χ0n) is 11.7. The Morgan fingerprint density at radius 1 is 1.30 bits per heavy atom. The Labute approximate surface area is 119 Å². The van der Waals surface area contributed by atoms with Gasteiger partial charge in [-0.25, -0.2) is 4.79 Å². The summed E-state index contributed by atoms with van der Waals surface area (Å²) in [7, 11) is 0. The van der Waals surface area contributed by atoms with Gasteiger partial charge in [0.2, 0.25) is 0 Å². The number of hydrogen-bond donors (Lipinski definition) is 3. The molecule has 2 fully saturated rings. The summed E-state index contributed by atoms with van der Waals surface area (Å²) in [5, 5.41) is 9.83. The Morgan fingerprint density at radius 3 is 3.00 bits per heavy atom. The summed E-state index contributed by atoms with van der Waals surface area (Å²) in [6.07, 6.45) is 3.84. The van der Waals surface area contributed by atoms with Gasteiger partial charge in [0, 0.05) is 37.1 Å².